The molecule has 0 unspecified atom stereocenters. The lowest BCUT2D eigenvalue weighted by molar-refractivity contribution is 0.318. The number of hydrogen-bond donors (Lipinski definition) is 2. The van der Waals surface area contributed by atoms with Crippen molar-refractivity contribution in [1.29, 1.82) is 0 Å². The normalized spacial score (nSPS) is 12.7. The van der Waals surface area contributed by atoms with Crippen molar-refractivity contribution in [2.24, 2.45) is 10.9 Å². The van der Waals surface area contributed by atoms with Gasteiger partial charge in [0.2, 0.25) is 0 Å². The van der Waals surface area contributed by atoms with Gasteiger partial charge in [0.15, 0.2) is 5.84 Å². The number of halogens is 1. The predicted octanol–water partition coefficient (Wildman–Crippen LogP) is 2.89. The molecule has 0 aliphatic carbocycles. The van der Waals surface area contributed by atoms with Crippen molar-refractivity contribution < 1.29 is 13.6 Å². The van der Waals surface area contributed by atoms with E-state index in [1.54, 1.807) is 48.7 Å². The first-order valence-corrected chi connectivity index (χ1v) is 9.47. The molecule has 0 aliphatic rings. The molecule has 124 valence electrons. The van der Waals surface area contributed by atoms with E-state index in [0.29, 0.717) is 11.1 Å². The summed E-state index contributed by atoms with van der Waals surface area (Å²) in [5.41, 5.74) is 7.65. The van der Waals surface area contributed by atoms with Gasteiger partial charge in [0.1, 0.15) is 0 Å². The second kappa shape index (κ2) is 6.10. The fraction of sp³-hybridized carbons (Fsp3) is 0.0625. The van der Waals surface area contributed by atoms with E-state index in [4.69, 9.17) is 10.9 Å². The standard InChI is InChI=1S/C16H14IN3O3S/c1-10-2-5-12(6-3-10)24(22,23)20-9-14(17)13-8-11(16(18)19-21)4-7-15(13)20/h2-9,21H,1H3,(H2,18,19). The van der Waals surface area contributed by atoms with Crippen molar-refractivity contribution in [1.82, 2.24) is 3.97 Å². The molecule has 6 nitrogen and oxygen atoms in total. The van der Waals surface area contributed by atoms with Crippen molar-refractivity contribution in [2.75, 3.05) is 0 Å². The molecule has 0 fully saturated rings. The minimum Gasteiger partial charge on any atom is -0.409 e. The highest BCUT2D eigenvalue weighted by molar-refractivity contribution is 14.1. The van der Waals surface area contributed by atoms with Crippen LogP contribution in [-0.4, -0.2) is 23.4 Å². The predicted molar refractivity (Wildman–Crippen MR) is 101 cm³/mol. The zero-order valence-electron chi connectivity index (χ0n) is 12.6. The summed E-state index contributed by atoms with van der Waals surface area (Å²) in [4.78, 5) is 0.224. The molecule has 1 heterocycles. The molecule has 0 spiro atoms. The highest BCUT2D eigenvalue weighted by Gasteiger charge is 2.21. The van der Waals surface area contributed by atoms with Crippen molar-refractivity contribution in [2.45, 2.75) is 11.8 Å². The molecule has 3 aromatic rings. The number of nitrogens with two attached hydrogens (primary N) is 1. The van der Waals surface area contributed by atoms with Crippen molar-refractivity contribution in [3.8, 4) is 0 Å². The van der Waals surface area contributed by atoms with Crippen molar-refractivity contribution in [3.63, 3.8) is 0 Å². The van der Waals surface area contributed by atoms with Crippen molar-refractivity contribution >= 4 is 49.4 Å². The van der Waals surface area contributed by atoms with E-state index in [9.17, 15) is 8.42 Å². The molecular formula is C16H14IN3O3S. The zero-order chi connectivity index (χ0) is 17.5. The fourth-order valence-electron chi connectivity index (χ4n) is 2.40. The van der Waals surface area contributed by atoms with E-state index in [1.165, 1.54) is 3.97 Å². The van der Waals surface area contributed by atoms with Crippen LogP contribution in [0.3, 0.4) is 0 Å². The van der Waals surface area contributed by atoms with Crippen LogP contribution in [0.25, 0.3) is 10.9 Å². The van der Waals surface area contributed by atoms with Crippen LogP contribution in [0.15, 0.2) is 58.7 Å². The average Bonchev–Trinajstić information content (AvgIpc) is 2.91. The Morgan fingerprint density at radius 2 is 1.88 bits per heavy atom. The number of amidine groups is 1. The summed E-state index contributed by atoms with van der Waals surface area (Å²) in [6.45, 7) is 1.90. The Bertz CT molecular complexity index is 1050. The van der Waals surface area contributed by atoms with Gasteiger partial charge >= 0.3 is 0 Å². The molecule has 0 aliphatic heterocycles. The Balaban J connectivity index is 2.22. The Morgan fingerprint density at radius 1 is 1.21 bits per heavy atom. The van der Waals surface area contributed by atoms with Crippen LogP contribution in [0, 0.1) is 10.5 Å². The fourth-order valence-corrected chi connectivity index (χ4v) is 4.67. The Kier molecular flexibility index (Phi) is 4.26. The van der Waals surface area contributed by atoms with Crippen LogP contribution in [0.1, 0.15) is 11.1 Å². The van der Waals surface area contributed by atoms with Gasteiger partial charge < -0.3 is 10.9 Å². The highest BCUT2D eigenvalue weighted by Crippen LogP contribution is 2.28. The Labute approximate surface area is 152 Å². The molecule has 0 atom stereocenters. The smallest absolute Gasteiger partial charge is 0.268 e. The molecule has 3 N–H and O–H groups in total. The molecular weight excluding hydrogens is 441 g/mol. The first kappa shape index (κ1) is 16.8. The first-order chi connectivity index (χ1) is 11.3. The zero-order valence-corrected chi connectivity index (χ0v) is 15.6. The molecule has 0 radical (unpaired) electrons. The molecule has 24 heavy (non-hydrogen) atoms. The molecule has 0 amide bonds. The lowest BCUT2D eigenvalue weighted by Gasteiger charge is -2.08. The number of aromatic nitrogens is 1. The van der Waals surface area contributed by atoms with Crippen LogP contribution in [0.2, 0.25) is 0 Å². The van der Waals surface area contributed by atoms with E-state index in [0.717, 1.165) is 14.5 Å². The number of oxime groups is 1. The van der Waals surface area contributed by atoms with Gasteiger partial charge in [-0.3, -0.25) is 0 Å². The summed E-state index contributed by atoms with van der Waals surface area (Å²) in [7, 11) is -3.70. The van der Waals surface area contributed by atoms with E-state index in [2.05, 4.69) is 27.7 Å². The number of hydrogen-bond acceptors (Lipinski definition) is 4. The molecule has 8 heteroatoms. The first-order valence-electron chi connectivity index (χ1n) is 6.95. The largest absolute Gasteiger partial charge is 0.409 e. The summed E-state index contributed by atoms with van der Waals surface area (Å²) in [5.74, 6) is -0.0261. The summed E-state index contributed by atoms with van der Waals surface area (Å²) < 4.78 is 27.8. The molecule has 3 rings (SSSR count). The van der Waals surface area contributed by atoms with E-state index in [-0.39, 0.29) is 10.7 Å². The quantitative estimate of drug-likeness (QED) is 0.209. The SMILES string of the molecule is Cc1ccc(S(=O)(=O)n2cc(I)c3cc(/C(N)=N\O)ccc32)cc1. The number of rotatable bonds is 3. The van der Waals surface area contributed by atoms with Gasteiger partial charge in [0.05, 0.1) is 10.4 Å². The van der Waals surface area contributed by atoms with Gasteiger partial charge in [-0.15, -0.1) is 0 Å². The maximum Gasteiger partial charge on any atom is 0.268 e. The molecule has 2 aromatic carbocycles. The summed E-state index contributed by atoms with van der Waals surface area (Å²) in [6.07, 6.45) is 1.57. The topological polar surface area (TPSA) is 97.7 Å². The number of fused-ring (bicyclic) bond motifs is 1. The Hall–Kier alpha value is -2.07. The third kappa shape index (κ3) is 2.75. The number of nitrogens with zero attached hydrogens (tertiary/aromatic N) is 2. The lowest BCUT2D eigenvalue weighted by Crippen LogP contribution is -2.13. The van der Waals surface area contributed by atoms with Crippen LogP contribution < -0.4 is 5.73 Å². The van der Waals surface area contributed by atoms with Crippen LogP contribution in [-0.2, 0) is 10.0 Å². The number of benzene rings is 2. The monoisotopic (exact) mass is 455 g/mol. The minimum absolute atomic E-state index is 0.0261. The minimum atomic E-state index is -3.70. The van der Waals surface area contributed by atoms with Crippen LogP contribution in [0.5, 0.6) is 0 Å². The Morgan fingerprint density at radius 3 is 2.50 bits per heavy atom. The van der Waals surface area contributed by atoms with Gasteiger partial charge in [-0.05, 0) is 59.8 Å². The lowest BCUT2D eigenvalue weighted by atomic mass is 10.1. The molecule has 1 aromatic heterocycles. The highest BCUT2D eigenvalue weighted by atomic mass is 127. The second-order valence-electron chi connectivity index (χ2n) is 5.31. The van der Waals surface area contributed by atoms with E-state index in [1.807, 2.05) is 6.92 Å². The molecule has 0 saturated heterocycles. The summed E-state index contributed by atoms with van der Waals surface area (Å²) in [5, 5.41) is 12.5. The van der Waals surface area contributed by atoms with Gasteiger partial charge in [-0.25, -0.2) is 12.4 Å². The van der Waals surface area contributed by atoms with Crippen molar-refractivity contribution in [3.05, 3.63) is 63.4 Å². The van der Waals surface area contributed by atoms with Crippen LogP contribution >= 0.6 is 22.6 Å². The van der Waals surface area contributed by atoms with Crippen LogP contribution in [0.4, 0.5) is 0 Å². The van der Waals surface area contributed by atoms with Gasteiger partial charge in [-0.1, -0.05) is 22.9 Å². The third-order valence-electron chi connectivity index (χ3n) is 3.70. The maximum absolute atomic E-state index is 12.9. The van der Waals surface area contributed by atoms with Gasteiger partial charge in [-0.2, -0.15) is 0 Å². The van der Waals surface area contributed by atoms with E-state index < -0.39 is 10.0 Å². The van der Waals surface area contributed by atoms with E-state index >= 15 is 0 Å². The maximum atomic E-state index is 12.9. The van der Waals surface area contributed by atoms with Gasteiger partial charge in [0.25, 0.3) is 10.0 Å². The second-order valence-corrected chi connectivity index (χ2v) is 8.29. The molecule has 0 saturated carbocycles. The average molecular weight is 455 g/mol. The van der Waals surface area contributed by atoms with Gasteiger partial charge in [0, 0.05) is 20.7 Å². The summed E-state index contributed by atoms with van der Waals surface area (Å²) >= 11 is 2.07. The number of aryl methyl sites for hydroxylation is 1. The third-order valence-corrected chi connectivity index (χ3v) is 6.25. The molecule has 0 bridgehead atoms. The summed E-state index contributed by atoms with van der Waals surface area (Å²) in [6, 6.07) is 11.7.